The van der Waals surface area contributed by atoms with Gasteiger partial charge in [-0.3, -0.25) is 4.79 Å². The van der Waals surface area contributed by atoms with Crippen LogP contribution in [0.4, 0.5) is 0 Å². The first-order valence-electron chi connectivity index (χ1n) is 11.0. The fraction of sp³-hybridized carbons (Fsp3) is 0.333. The molecule has 32 heavy (non-hydrogen) atoms. The highest BCUT2D eigenvalue weighted by atomic mass is 16.1. The number of aromatic nitrogens is 7. The van der Waals surface area contributed by atoms with Crippen molar-refractivity contribution in [3.8, 4) is 22.5 Å². The zero-order chi connectivity index (χ0) is 22.5. The first kappa shape index (κ1) is 21.5. The minimum absolute atomic E-state index is 0.00432. The van der Waals surface area contributed by atoms with E-state index in [1.54, 1.807) is 0 Å². The largest absolute Gasteiger partial charge is 0.291 e. The molecule has 2 heterocycles. The Morgan fingerprint density at radius 2 is 1.81 bits per heavy atom. The summed E-state index contributed by atoms with van der Waals surface area (Å²) in [7, 11) is 0. The Balaban J connectivity index is 1.61. The van der Waals surface area contributed by atoms with Crippen molar-refractivity contribution in [3.63, 3.8) is 0 Å². The van der Waals surface area contributed by atoms with E-state index < -0.39 is 0 Å². The molecule has 4 rings (SSSR count). The summed E-state index contributed by atoms with van der Waals surface area (Å²) < 4.78 is 1.91. The van der Waals surface area contributed by atoms with E-state index in [4.69, 9.17) is 0 Å². The lowest BCUT2D eigenvalue weighted by Gasteiger charge is -2.12. The van der Waals surface area contributed by atoms with E-state index in [1.807, 2.05) is 29.8 Å². The number of carbonyl (C=O) groups is 1. The molecule has 0 bridgehead atoms. The number of ketones is 1. The lowest BCUT2D eigenvalue weighted by Crippen LogP contribution is -2.11. The van der Waals surface area contributed by atoms with E-state index in [2.05, 4.69) is 74.9 Å². The number of tetrazole rings is 1. The number of nitrogens with zero attached hydrogens (tertiary/aromatic N) is 6. The van der Waals surface area contributed by atoms with Crippen LogP contribution in [0.15, 0.2) is 48.5 Å². The third-order valence-electron chi connectivity index (χ3n) is 5.59. The predicted molar refractivity (Wildman–Crippen MR) is 122 cm³/mol. The molecular weight excluding hydrogens is 402 g/mol. The van der Waals surface area contributed by atoms with Crippen molar-refractivity contribution in [3.05, 3.63) is 65.7 Å². The van der Waals surface area contributed by atoms with Crippen molar-refractivity contribution in [2.24, 2.45) is 0 Å². The molecular formula is C24H27N7O. The van der Waals surface area contributed by atoms with Crippen LogP contribution in [0.25, 0.3) is 22.5 Å². The summed E-state index contributed by atoms with van der Waals surface area (Å²) in [6.45, 7) is 6.20. The van der Waals surface area contributed by atoms with Gasteiger partial charge in [0.25, 0.3) is 0 Å². The van der Waals surface area contributed by atoms with Crippen molar-refractivity contribution >= 4 is 5.78 Å². The van der Waals surface area contributed by atoms with Crippen molar-refractivity contribution in [2.75, 3.05) is 0 Å². The lowest BCUT2D eigenvalue weighted by atomic mass is 9.98. The van der Waals surface area contributed by atoms with Crippen LogP contribution in [0.1, 0.15) is 68.1 Å². The molecule has 164 valence electrons. The van der Waals surface area contributed by atoms with Gasteiger partial charge in [-0.25, -0.2) is 14.8 Å². The Hall–Kier alpha value is -3.68. The molecule has 0 aliphatic heterocycles. The number of hydrogen-bond donors (Lipinski definition) is 1. The molecule has 0 radical (unpaired) electrons. The fourth-order valence-electron chi connectivity index (χ4n) is 3.66. The van der Waals surface area contributed by atoms with Crippen LogP contribution in [0, 0.1) is 0 Å². The minimum Gasteiger partial charge on any atom is -0.291 e. The summed E-state index contributed by atoms with van der Waals surface area (Å²) in [5.41, 5.74) is 4.18. The van der Waals surface area contributed by atoms with E-state index in [0.29, 0.717) is 24.5 Å². The molecule has 4 aromatic rings. The number of aromatic amines is 1. The average molecular weight is 430 g/mol. The van der Waals surface area contributed by atoms with E-state index in [9.17, 15) is 4.79 Å². The first-order valence-corrected chi connectivity index (χ1v) is 11.0. The van der Waals surface area contributed by atoms with Gasteiger partial charge in [0.15, 0.2) is 5.82 Å². The van der Waals surface area contributed by atoms with Gasteiger partial charge in [-0.1, -0.05) is 62.4 Å². The van der Waals surface area contributed by atoms with Crippen molar-refractivity contribution in [2.45, 2.75) is 52.5 Å². The van der Waals surface area contributed by atoms with Gasteiger partial charge in [0.2, 0.25) is 11.6 Å². The van der Waals surface area contributed by atoms with Gasteiger partial charge in [-0.05, 0) is 46.9 Å². The Morgan fingerprint density at radius 3 is 2.47 bits per heavy atom. The summed E-state index contributed by atoms with van der Waals surface area (Å²) in [5, 5.41) is 18.8. The summed E-state index contributed by atoms with van der Waals surface area (Å²) >= 11 is 0. The molecule has 0 saturated heterocycles. The Morgan fingerprint density at radius 1 is 1.06 bits per heavy atom. The highest BCUT2D eigenvalue weighted by Gasteiger charge is 2.19. The fourth-order valence-corrected chi connectivity index (χ4v) is 3.66. The summed E-state index contributed by atoms with van der Waals surface area (Å²) in [4.78, 5) is 16.9. The zero-order valence-electron chi connectivity index (χ0n) is 18.6. The van der Waals surface area contributed by atoms with Crippen molar-refractivity contribution in [1.82, 2.24) is 35.4 Å². The van der Waals surface area contributed by atoms with Crippen molar-refractivity contribution in [1.29, 1.82) is 0 Å². The van der Waals surface area contributed by atoms with E-state index >= 15 is 0 Å². The Labute approximate surface area is 187 Å². The number of nitrogens with one attached hydrogen (secondary N) is 1. The van der Waals surface area contributed by atoms with Gasteiger partial charge in [0.05, 0.1) is 6.04 Å². The lowest BCUT2D eigenvalue weighted by molar-refractivity contribution is 0.0971. The molecule has 8 heteroatoms. The molecule has 0 spiro atoms. The number of carbonyl (C=O) groups excluding carboxylic acids is 1. The maximum Gasteiger partial charge on any atom is 0.217 e. The van der Waals surface area contributed by atoms with E-state index in [-0.39, 0.29) is 11.8 Å². The number of rotatable bonds is 9. The molecule has 1 unspecified atom stereocenters. The number of benzene rings is 2. The van der Waals surface area contributed by atoms with Crippen LogP contribution in [0.2, 0.25) is 0 Å². The van der Waals surface area contributed by atoms with Crippen LogP contribution >= 0.6 is 0 Å². The van der Waals surface area contributed by atoms with Gasteiger partial charge in [0.1, 0.15) is 5.82 Å². The van der Waals surface area contributed by atoms with Crippen LogP contribution in [-0.2, 0) is 6.42 Å². The standard InChI is InChI=1S/C24H27N7O/c1-4-8-21(32)24-25-22(31(28-24)16(3)5-2)15-17-11-13-18(14-12-17)19-9-6-7-10-20(19)23-26-29-30-27-23/h6-7,9-14,16H,4-5,8,15H2,1-3H3,(H,26,27,29,30). The zero-order valence-corrected chi connectivity index (χ0v) is 18.6. The third kappa shape index (κ3) is 4.49. The molecule has 0 aliphatic carbocycles. The number of Topliss-reactive ketones (excluding diaryl/α,β-unsaturated/α-hetero) is 1. The molecule has 1 N–H and O–H groups in total. The Kier molecular flexibility index (Phi) is 6.49. The average Bonchev–Trinajstić information content (AvgIpc) is 3.50. The smallest absolute Gasteiger partial charge is 0.217 e. The topological polar surface area (TPSA) is 102 Å². The highest BCUT2D eigenvalue weighted by Crippen LogP contribution is 2.30. The maximum atomic E-state index is 12.3. The molecule has 0 fully saturated rings. The van der Waals surface area contributed by atoms with Gasteiger partial charge in [-0.2, -0.15) is 0 Å². The Bertz CT molecular complexity index is 1180. The van der Waals surface area contributed by atoms with Gasteiger partial charge in [0, 0.05) is 18.4 Å². The van der Waals surface area contributed by atoms with Gasteiger partial charge >= 0.3 is 0 Å². The van der Waals surface area contributed by atoms with Crippen LogP contribution in [0.3, 0.4) is 0 Å². The normalized spacial score (nSPS) is 12.1. The molecule has 8 nitrogen and oxygen atoms in total. The monoisotopic (exact) mass is 429 g/mol. The van der Waals surface area contributed by atoms with Gasteiger partial charge < -0.3 is 0 Å². The second-order valence-electron chi connectivity index (χ2n) is 7.90. The summed E-state index contributed by atoms with van der Waals surface area (Å²) in [6.07, 6.45) is 2.80. The minimum atomic E-state index is 0.00432. The van der Waals surface area contributed by atoms with Crippen LogP contribution in [0.5, 0.6) is 0 Å². The number of hydrogen-bond acceptors (Lipinski definition) is 6. The molecule has 0 saturated carbocycles. The highest BCUT2D eigenvalue weighted by molar-refractivity contribution is 5.92. The molecule has 2 aromatic carbocycles. The van der Waals surface area contributed by atoms with E-state index in [1.165, 1.54) is 0 Å². The first-order chi connectivity index (χ1) is 15.6. The third-order valence-corrected chi connectivity index (χ3v) is 5.59. The summed E-state index contributed by atoms with van der Waals surface area (Å²) in [6, 6.07) is 16.6. The second kappa shape index (κ2) is 9.64. The summed E-state index contributed by atoms with van der Waals surface area (Å²) in [5.74, 6) is 1.79. The number of H-pyrrole nitrogens is 1. The van der Waals surface area contributed by atoms with Crippen LogP contribution in [-0.4, -0.2) is 41.2 Å². The van der Waals surface area contributed by atoms with Crippen molar-refractivity contribution < 1.29 is 4.79 Å². The van der Waals surface area contributed by atoms with E-state index in [0.717, 1.165) is 40.9 Å². The quantitative estimate of drug-likeness (QED) is 0.388. The second-order valence-corrected chi connectivity index (χ2v) is 7.90. The molecule has 2 aromatic heterocycles. The predicted octanol–water partition coefficient (Wildman–Crippen LogP) is 4.67. The SMILES string of the molecule is CCCC(=O)c1nc(Cc2ccc(-c3ccccc3-c3nnn[nH]3)cc2)n(C(C)CC)n1. The molecule has 0 amide bonds. The molecule has 0 aliphatic rings. The van der Waals surface area contributed by atoms with Crippen LogP contribution < -0.4 is 0 Å². The van der Waals surface area contributed by atoms with Gasteiger partial charge in [-0.15, -0.1) is 10.2 Å². The maximum absolute atomic E-state index is 12.3. The molecule has 1 atom stereocenters.